The molecule has 0 aliphatic heterocycles. The van der Waals surface area contributed by atoms with Crippen molar-refractivity contribution in [3.8, 4) is 0 Å². The molecule has 3 heteroatoms. The van der Waals surface area contributed by atoms with Crippen LogP contribution in [0.1, 0.15) is 18.1 Å². The highest BCUT2D eigenvalue weighted by Gasteiger charge is 2.32. The van der Waals surface area contributed by atoms with Crippen molar-refractivity contribution in [2.75, 3.05) is 0 Å². The first-order valence-electron chi connectivity index (χ1n) is 6.92. The number of rotatable bonds is 2. The highest BCUT2D eigenvalue weighted by atomic mass is 35.5. The summed E-state index contributed by atoms with van der Waals surface area (Å²) in [6.45, 7) is 1.68. The first kappa shape index (κ1) is 14.5. The first-order valence-corrected chi connectivity index (χ1v) is 7.30. The third kappa shape index (κ3) is 2.32. The third-order valence-corrected chi connectivity index (χ3v) is 4.07. The van der Waals surface area contributed by atoms with Crippen molar-refractivity contribution in [3.05, 3.63) is 82.4 Å². The van der Waals surface area contributed by atoms with Gasteiger partial charge in [0, 0.05) is 11.1 Å². The fourth-order valence-corrected chi connectivity index (χ4v) is 2.90. The molecule has 22 heavy (non-hydrogen) atoms. The number of allylic oxidation sites excluding steroid dienone is 4. The highest BCUT2D eigenvalue weighted by Crippen LogP contribution is 2.37. The van der Waals surface area contributed by atoms with Crippen LogP contribution in [0.5, 0.6) is 0 Å². The Morgan fingerprint density at radius 1 is 0.682 bits per heavy atom. The van der Waals surface area contributed by atoms with Crippen molar-refractivity contribution in [3.63, 3.8) is 0 Å². The van der Waals surface area contributed by atoms with Crippen LogP contribution < -0.4 is 0 Å². The summed E-state index contributed by atoms with van der Waals surface area (Å²) in [5.74, 6) is -0.501. The van der Waals surface area contributed by atoms with Gasteiger partial charge in [-0.15, -0.1) is 0 Å². The van der Waals surface area contributed by atoms with E-state index in [2.05, 4.69) is 0 Å². The monoisotopic (exact) mass is 308 g/mol. The normalized spacial score (nSPS) is 15.5. The van der Waals surface area contributed by atoms with Crippen LogP contribution in [0.4, 0.5) is 0 Å². The van der Waals surface area contributed by atoms with Gasteiger partial charge in [0.1, 0.15) is 5.03 Å². The van der Waals surface area contributed by atoms with Crippen molar-refractivity contribution >= 4 is 34.3 Å². The van der Waals surface area contributed by atoms with E-state index in [0.717, 1.165) is 0 Å². The second kappa shape index (κ2) is 5.74. The number of ketones is 2. The van der Waals surface area contributed by atoms with Crippen molar-refractivity contribution in [1.29, 1.82) is 0 Å². The molecule has 0 atom stereocenters. The number of carbonyl (C=O) groups is 2. The largest absolute Gasteiger partial charge is 0.289 e. The Kier molecular flexibility index (Phi) is 3.78. The molecule has 0 amide bonds. The average Bonchev–Trinajstić information content (AvgIpc) is 2.55. The molecule has 3 rings (SSSR count). The Morgan fingerprint density at radius 3 is 1.64 bits per heavy atom. The van der Waals surface area contributed by atoms with E-state index in [1.165, 1.54) is 0 Å². The second-order valence-corrected chi connectivity index (χ2v) is 5.46. The molecule has 0 aromatic heterocycles. The van der Waals surface area contributed by atoms with Crippen LogP contribution in [0.2, 0.25) is 0 Å². The fraction of sp³-hybridized carbons (Fsp3) is 0.0526. The number of Topliss-reactive ketones (excluding diaryl/α,β-unsaturated/α-hetero) is 2. The molecule has 0 saturated carbocycles. The van der Waals surface area contributed by atoms with Crippen LogP contribution in [0, 0.1) is 0 Å². The molecule has 2 nitrogen and oxygen atoms in total. The van der Waals surface area contributed by atoms with E-state index in [0.29, 0.717) is 22.3 Å². The Balaban J connectivity index is 2.16. The average molecular weight is 309 g/mol. The predicted octanol–water partition coefficient (Wildman–Crippen LogP) is 4.26. The van der Waals surface area contributed by atoms with Crippen molar-refractivity contribution in [1.82, 2.24) is 0 Å². The zero-order valence-electron chi connectivity index (χ0n) is 12.0. The summed E-state index contributed by atoms with van der Waals surface area (Å²) < 4.78 is 0. The van der Waals surface area contributed by atoms with E-state index < -0.39 is 0 Å². The van der Waals surface area contributed by atoms with Gasteiger partial charge in [0.05, 0.1) is 5.57 Å². The second-order valence-electron chi connectivity index (χ2n) is 5.08. The SMILES string of the molecule is CC1=C(c2ccccc2)C(=O)C(Cl)=C(c2ccccc2)C1=O. The molecule has 0 bridgehead atoms. The van der Waals surface area contributed by atoms with E-state index >= 15 is 0 Å². The van der Waals surface area contributed by atoms with Gasteiger partial charge in [0.15, 0.2) is 5.78 Å². The molecule has 0 heterocycles. The summed E-state index contributed by atoms with van der Waals surface area (Å²) in [5.41, 5.74) is 2.47. The lowest BCUT2D eigenvalue weighted by Gasteiger charge is -2.19. The topological polar surface area (TPSA) is 34.1 Å². The van der Waals surface area contributed by atoms with Gasteiger partial charge < -0.3 is 0 Å². The minimum atomic E-state index is -0.302. The van der Waals surface area contributed by atoms with Crippen LogP contribution in [-0.4, -0.2) is 11.6 Å². The maximum absolute atomic E-state index is 12.7. The molecule has 2 aromatic carbocycles. The Bertz CT molecular complexity index is 744. The molecule has 0 spiro atoms. The van der Waals surface area contributed by atoms with E-state index in [1.807, 2.05) is 48.5 Å². The summed E-state index contributed by atoms with van der Waals surface area (Å²) in [5, 5.41) is -0.0133. The van der Waals surface area contributed by atoms with Gasteiger partial charge in [0.25, 0.3) is 0 Å². The maximum atomic E-state index is 12.7. The van der Waals surface area contributed by atoms with Crippen LogP contribution >= 0.6 is 11.6 Å². The van der Waals surface area contributed by atoms with Gasteiger partial charge >= 0.3 is 0 Å². The standard InChI is InChI=1S/C19H13ClO2/c1-12-15(13-8-4-2-5-9-13)19(22)17(20)16(18(12)21)14-10-6-3-7-11-14/h2-11H,1H3. The lowest BCUT2D eigenvalue weighted by atomic mass is 9.84. The van der Waals surface area contributed by atoms with E-state index in [9.17, 15) is 9.59 Å². The zero-order valence-corrected chi connectivity index (χ0v) is 12.7. The van der Waals surface area contributed by atoms with E-state index in [1.54, 1.807) is 19.1 Å². The summed E-state index contributed by atoms with van der Waals surface area (Å²) in [6, 6.07) is 18.2. The molecule has 0 N–H and O–H groups in total. The maximum Gasteiger partial charge on any atom is 0.206 e. The summed E-state index contributed by atoms with van der Waals surface area (Å²) in [7, 11) is 0. The Labute approximate surface area is 133 Å². The molecule has 0 unspecified atom stereocenters. The van der Waals surface area contributed by atoms with Crippen molar-refractivity contribution in [2.24, 2.45) is 0 Å². The van der Waals surface area contributed by atoms with Gasteiger partial charge in [-0.1, -0.05) is 72.3 Å². The number of hydrogen-bond acceptors (Lipinski definition) is 2. The molecule has 2 aromatic rings. The third-order valence-electron chi connectivity index (χ3n) is 3.71. The number of benzene rings is 2. The van der Waals surface area contributed by atoms with Gasteiger partial charge in [-0.3, -0.25) is 9.59 Å². The lowest BCUT2D eigenvalue weighted by molar-refractivity contribution is -0.113. The molecule has 0 radical (unpaired) electrons. The highest BCUT2D eigenvalue weighted by molar-refractivity contribution is 6.61. The molecular formula is C19H13ClO2. The quantitative estimate of drug-likeness (QED) is 0.777. The van der Waals surface area contributed by atoms with E-state index in [-0.39, 0.29) is 22.2 Å². The number of hydrogen-bond donors (Lipinski definition) is 0. The smallest absolute Gasteiger partial charge is 0.206 e. The molecule has 1 aliphatic rings. The molecule has 1 aliphatic carbocycles. The van der Waals surface area contributed by atoms with Crippen LogP contribution in [-0.2, 0) is 9.59 Å². The van der Waals surface area contributed by atoms with Gasteiger partial charge in [0.2, 0.25) is 5.78 Å². The van der Waals surface area contributed by atoms with E-state index in [4.69, 9.17) is 11.6 Å². The molecule has 0 fully saturated rings. The van der Waals surface area contributed by atoms with Crippen molar-refractivity contribution in [2.45, 2.75) is 6.92 Å². The molecule has 0 saturated heterocycles. The summed E-state index contributed by atoms with van der Waals surface area (Å²) in [6.07, 6.45) is 0. The zero-order chi connectivity index (χ0) is 15.7. The lowest BCUT2D eigenvalue weighted by Crippen LogP contribution is -2.19. The van der Waals surface area contributed by atoms with Crippen molar-refractivity contribution < 1.29 is 9.59 Å². The summed E-state index contributed by atoms with van der Waals surface area (Å²) >= 11 is 6.25. The molecular weight excluding hydrogens is 296 g/mol. The van der Waals surface area contributed by atoms with Gasteiger partial charge in [-0.2, -0.15) is 0 Å². The minimum absolute atomic E-state index is 0.0133. The first-order chi connectivity index (χ1) is 10.6. The Hall–Kier alpha value is -2.45. The predicted molar refractivity (Wildman–Crippen MR) is 88.3 cm³/mol. The van der Waals surface area contributed by atoms with Crippen LogP contribution in [0.3, 0.4) is 0 Å². The number of halogens is 1. The van der Waals surface area contributed by atoms with Gasteiger partial charge in [-0.05, 0) is 18.1 Å². The fourth-order valence-electron chi connectivity index (χ4n) is 2.61. The number of carbonyl (C=O) groups excluding carboxylic acids is 2. The minimum Gasteiger partial charge on any atom is -0.289 e. The van der Waals surface area contributed by atoms with Gasteiger partial charge in [-0.25, -0.2) is 0 Å². The molecule has 108 valence electrons. The van der Waals surface area contributed by atoms with Crippen LogP contribution in [0.25, 0.3) is 11.1 Å². The van der Waals surface area contributed by atoms with Crippen LogP contribution in [0.15, 0.2) is 71.3 Å². The summed E-state index contributed by atoms with van der Waals surface area (Å²) in [4.78, 5) is 25.4. The Morgan fingerprint density at radius 2 is 1.14 bits per heavy atom.